The minimum absolute atomic E-state index is 0.0000463. The molecule has 3 atom stereocenters. The van der Waals surface area contributed by atoms with E-state index in [1.165, 1.54) is 0 Å². The molecule has 82 valence electrons. The number of aliphatic hydroxyl groups excluding tert-OH is 1. The van der Waals surface area contributed by atoms with Crippen molar-refractivity contribution in [3.05, 3.63) is 0 Å². The fourth-order valence-corrected chi connectivity index (χ4v) is 2.18. The lowest BCUT2D eigenvalue weighted by atomic mass is 9.98. The molecule has 0 saturated carbocycles. The van der Waals surface area contributed by atoms with Crippen molar-refractivity contribution in [2.75, 3.05) is 6.54 Å². The molecule has 0 amide bonds. The zero-order valence-electron chi connectivity index (χ0n) is 9.03. The van der Waals surface area contributed by atoms with Gasteiger partial charge in [-0.25, -0.2) is 0 Å². The van der Waals surface area contributed by atoms with Crippen LogP contribution in [0.1, 0.15) is 33.1 Å². The lowest BCUT2D eigenvalue weighted by Gasteiger charge is -2.40. The van der Waals surface area contributed by atoms with Gasteiger partial charge in [0, 0.05) is 12.6 Å². The fraction of sp³-hybridized carbons (Fsp3) is 0.900. The summed E-state index contributed by atoms with van der Waals surface area (Å²) in [7, 11) is 0. The average Bonchev–Trinajstić information content (AvgIpc) is 2.11. The van der Waals surface area contributed by atoms with Gasteiger partial charge in [0.15, 0.2) is 0 Å². The Morgan fingerprint density at radius 3 is 2.79 bits per heavy atom. The highest BCUT2D eigenvalue weighted by molar-refractivity contribution is 5.82. The first-order chi connectivity index (χ1) is 6.56. The van der Waals surface area contributed by atoms with Gasteiger partial charge in [-0.3, -0.25) is 10.3 Å². The lowest BCUT2D eigenvalue weighted by molar-refractivity contribution is 0.0288. The van der Waals surface area contributed by atoms with Crippen molar-refractivity contribution in [3.8, 4) is 0 Å². The summed E-state index contributed by atoms with van der Waals surface area (Å²) in [4.78, 5) is 2.15. The maximum Gasteiger partial charge on any atom is 0.108 e. The third kappa shape index (κ3) is 2.45. The van der Waals surface area contributed by atoms with E-state index < -0.39 is 0 Å². The van der Waals surface area contributed by atoms with Crippen molar-refractivity contribution in [1.82, 2.24) is 4.90 Å². The molecular formula is C10H21N3O. The molecule has 1 fully saturated rings. The summed E-state index contributed by atoms with van der Waals surface area (Å²) >= 11 is 0. The maximum absolute atomic E-state index is 9.57. The van der Waals surface area contributed by atoms with E-state index in [-0.39, 0.29) is 18.0 Å². The Balaban J connectivity index is 2.66. The van der Waals surface area contributed by atoms with Crippen LogP contribution in [0.4, 0.5) is 0 Å². The molecule has 1 saturated heterocycles. The SMILES string of the molecule is CCC(C(=N)N)N1C[C@@H](O)CC[C@@H]1C. The first-order valence-corrected chi connectivity index (χ1v) is 5.34. The van der Waals surface area contributed by atoms with Crippen LogP contribution in [0.3, 0.4) is 0 Å². The highest BCUT2D eigenvalue weighted by Gasteiger charge is 2.30. The Hall–Kier alpha value is -0.610. The number of nitrogens with one attached hydrogen (secondary N) is 1. The van der Waals surface area contributed by atoms with E-state index in [1.807, 2.05) is 6.92 Å². The number of piperidine rings is 1. The predicted octanol–water partition coefficient (Wildman–Crippen LogP) is 0.546. The molecule has 0 radical (unpaired) electrons. The predicted molar refractivity (Wildman–Crippen MR) is 57.4 cm³/mol. The van der Waals surface area contributed by atoms with Crippen LogP contribution in [0.25, 0.3) is 0 Å². The average molecular weight is 199 g/mol. The second-order valence-electron chi connectivity index (χ2n) is 4.16. The van der Waals surface area contributed by atoms with Gasteiger partial charge in [0.1, 0.15) is 5.84 Å². The number of rotatable bonds is 3. The number of hydrogen-bond acceptors (Lipinski definition) is 3. The van der Waals surface area contributed by atoms with Crippen molar-refractivity contribution in [1.29, 1.82) is 5.41 Å². The molecular weight excluding hydrogens is 178 g/mol. The number of amidine groups is 1. The zero-order valence-corrected chi connectivity index (χ0v) is 9.03. The number of β-amino-alcohol motifs (C(OH)–C–C–N with tert-alkyl or cyclic N) is 1. The Morgan fingerprint density at radius 2 is 2.29 bits per heavy atom. The summed E-state index contributed by atoms with van der Waals surface area (Å²) in [6.07, 6.45) is 2.45. The summed E-state index contributed by atoms with van der Waals surface area (Å²) in [5.74, 6) is 0.216. The summed E-state index contributed by atoms with van der Waals surface area (Å²) in [5.41, 5.74) is 5.55. The smallest absolute Gasteiger partial charge is 0.108 e. The molecule has 0 spiro atoms. The standard InChI is InChI=1S/C10H21N3O/c1-3-9(10(11)12)13-6-8(14)5-4-7(13)2/h7-9,14H,3-6H2,1-2H3,(H3,11,12)/t7-,8-,9?/m0/s1. The Bertz CT molecular complexity index is 208. The van der Waals surface area contributed by atoms with E-state index in [0.717, 1.165) is 19.3 Å². The number of likely N-dealkylation sites (tertiary alicyclic amines) is 1. The fourth-order valence-electron chi connectivity index (χ4n) is 2.18. The molecule has 0 aromatic heterocycles. The molecule has 1 heterocycles. The number of nitrogens with zero attached hydrogens (tertiary/aromatic N) is 1. The van der Waals surface area contributed by atoms with Crippen molar-refractivity contribution in [2.45, 2.75) is 51.3 Å². The summed E-state index contributed by atoms with van der Waals surface area (Å²) in [6, 6.07) is 0.423. The second-order valence-corrected chi connectivity index (χ2v) is 4.16. The van der Waals surface area contributed by atoms with Crippen LogP contribution < -0.4 is 5.73 Å². The third-order valence-corrected chi connectivity index (χ3v) is 3.05. The van der Waals surface area contributed by atoms with Crippen LogP contribution in [-0.4, -0.2) is 40.6 Å². The molecule has 4 N–H and O–H groups in total. The normalized spacial score (nSPS) is 31.4. The third-order valence-electron chi connectivity index (χ3n) is 3.05. The summed E-state index contributed by atoms with van der Waals surface area (Å²) in [6.45, 7) is 4.82. The highest BCUT2D eigenvalue weighted by Crippen LogP contribution is 2.20. The molecule has 4 nitrogen and oxygen atoms in total. The number of aliphatic hydroxyl groups is 1. The monoisotopic (exact) mass is 199 g/mol. The van der Waals surface area contributed by atoms with Crippen molar-refractivity contribution in [3.63, 3.8) is 0 Å². The topological polar surface area (TPSA) is 73.3 Å². The minimum atomic E-state index is -0.250. The number of nitrogens with two attached hydrogens (primary N) is 1. The Kier molecular flexibility index (Phi) is 3.89. The van der Waals surface area contributed by atoms with Gasteiger partial charge in [0.05, 0.1) is 12.1 Å². The number of hydrogen-bond donors (Lipinski definition) is 3. The van der Waals surface area contributed by atoms with Crippen LogP contribution in [0.2, 0.25) is 0 Å². The molecule has 0 bridgehead atoms. The first kappa shape index (κ1) is 11.5. The largest absolute Gasteiger partial charge is 0.392 e. The van der Waals surface area contributed by atoms with E-state index in [9.17, 15) is 5.11 Å². The molecule has 1 aliphatic rings. The van der Waals surface area contributed by atoms with Crippen molar-refractivity contribution >= 4 is 5.84 Å². The van der Waals surface area contributed by atoms with E-state index in [2.05, 4.69) is 11.8 Å². The molecule has 0 aromatic rings. The molecule has 0 aliphatic carbocycles. The van der Waals surface area contributed by atoms with Gasteiger partial charge < -0.3 is 10.8 Å². The molecule has 0 aromatic carbocycles. The van der Waals surface area contributed by atoms with Crippen molar-refractivity contribution in [2.24, 2.45) is 5.73 Å². The van der Waals surface area contributed by atoms with Crippen LogP contribution in [0.5, 0.6) is 0 Å². The molecule has 14 heavy (non-hydrogen) atoms. The molecule has 4 heteroatoms. The molecule has 1 aliphatic heterocycles. The van der Waals surface area contributed by atoms with E-state index >= 15 is 0 Å². The van der Waals surface area contributed by atoms with E-state index in [1.54, 1.807) is 0 Å². The minimum Gasteiger partial charge on any atom is -0.392 e. The van der Waals surface area contributed by atoms with Gasteiger partial charge in [0.25, 0.3) is 0 Å². The summed E-state index contributed by atoms with van der Waals surface area (Å²) < 4.78 is 0. The van der Waals surface area contributed by atoms with Crippen LogP contribution in [-0.2, 0) is 0 Å². The van der Waals surface area contributed by atoms with Gasteiger partial charge in [-0.15, -0.1) is 0 Å². The quantitative estimate of drug-likeness (QED) is 0.459. The van der Waals surface area contributed by atoms with Gasteiger partial charge in [-0.1, -0.05) is 6.92 Å². The second kappa shape index (κ2) is 4.75. The van der Waals surface area contributed by atoms with Gasteiger partial charge >= 0.3 is 0 Å². The Morgan fingerprint density at radius 1 is 1.64 bits per heavy atom. The lowest BCUT2D eigenvalue weighted by Crippen LogP contribution is -2.53. The first-order valence-electron chi connectivity index (χ1n) is 5.34. The van der Waals surface area contributed by atoms with E-state index in [0.29, 0.717) is 12.6 Å². The van der Waals surface area contributed by atoms with Gasteiger partial charge in [-0.2, -0.15) is 0 Å². The van der Waals surface area contributed by atoms with Gasteiger partial charge in [0.2, 0.25) is 0 Å². The molecule has 1 unspecified atom stereocenters. The van der Waals surface area contributed by atoms with Crippen LogP contribution in [0.15, 0.2) is 0 Å². The van der Waals surface area contributed by atoms with Crippen LogP contribution in [0, 0.1) is 5.41 Å². The van der Waals surface area contributed by atoms with Gasteiger partial charge in [-0.05, 0) is 26.2 Å². The Labute approximate surface area is 85.6 Å². The summed E-state index contributed by atoms with van der Waals surface area (Å²) in [5, 5.41) is 17.1. The van der Waals surface area contributed by atoms with E-state index in [4.69, 9.17) is 11.1 Å². The zero-order chi connectivity index (χ0) is 10.7. The molecule has 1 rings (SSSR count). The maximum atomic E-state index is 9.57. The van der Waals surface area contributed by atoms with Crippen LogP contribution >= 0.6 is 0 Å². The highest BCUT2D eigenvalue weighted by atomic mass is 16.3. The van der Waals surface area contributed by atoms with Crippen molar-refractivity contribution < 1.29 is 5.11 Å².